The number of nitrogens with zero attached hydrogens (tertiary/aromatic N) is 4. The van der Waals surface area contributed by atoms with Crippen LogP contribution in [0.5, 0.6) is 5.75 Å². The van der Waals surface area contributed by atoms with Crippen LogP contribution in [-0.4, -0.2) is 56.4 Å². The lowest BCUT2D eigenvalue weighted by molar-refractivity contribution is -0.274. The number of anilines is 2. The van der Waals surface area contributed by atoms with Crippen molar-refractivity contribution in [1.82, 2.24) is 9.88 Å². The number of pyridine rings is 1. The number of hydrogen-bond acceptors (Lipinski definition) is 5. The maximum atomic E-state index is 14.0. The van der Waals surface area contributed by atoms with Gasteiger partial charge in [0.2, 0.25) is 0 Å². The molecule has 43 heavy (non-hydrogen) atoms. The smallest absolute Gasteiger partial charge is 0.406 e. The van der Waals surface area contributed by atoms with E-state index in [9.17, 15) is 26.7 Å². The minimum Gasteiger partial charge on any atom is -0.406 e. The van der Waals surface area contributed by atoms with Gasteiger partial charge in [-0.15, -0.1) is 13.2 Å². The van der Waals surface area contributed by atoms with Crippen molar-refractivity contribution >= 4 is 34.4 Å². The van der Waals surface area contributed by atoms with Gasteiger partial charge in [-0.1, -0.05) is 18.2 Å². The second kappa shape index (κ2) is 13.2. The first kappa shape index (κ1) is 31.4. The van der Waals surface area contributed by atoms with E-state index in [1.807, 2.05) is 40.2 Å². The summed E-state index contributed by atoms with van der Waals surface area (Å²) < 4.78 is 68.9. The predicted octanol–water partition coefficient (Wildman–Crippen LogP) is 6.96. The van der Waals surface area contributed by atoms with Crippen LogP contribution in [0, 0.1) is 18.6 Å². The number of aromatic nitrogens is 1. The van der Waals surface area contributed by atoms with E-state index in [0.717, 1.165) is 59.6 Å². The Labute approximate surface area is 246 Å². The number of carbonyl (C=O) groups excluding carboxylic acids is 1. The number of hydrogen-bond donors (Lipinski definition) is 0. The van der Waals surface area contributed by atoms with Gasteiger partial charge in [-0.05, 0) is 92.3 Å². The zero-order valence-electron chi connectivity index (χ0n) is 24.1. The summed E-state index contributed by atoms with van der Waals surface area (Å²) >= 11 is 0. The monoisotopic (exact) mass is 598 g/mol. The first-order chi connectivity index (χ1) is 20.3. The summed E-state index contributed by atoms with van der Waals surface area (Å²) in [5.74, 6) is -2.10. The van der Waals surface area contributed by atoms with Crippen molar-refractivity contribution in [2.75, 3.05) is 44.0 Å². The van der Waals surface area contributed by atoms with E-state index in [1.165, 1.54) is 35.3 Å². The SMILES string of the molecule is Cc1cc(N(C)CCN(C)C)nc2ccc(N(Cc3ccc(F)c(F)c3)C(=O)/C=C/c3ccc(OC(F)(F)F)cc3)cc12. The molecule has 3 aromatic carbocycles. The van der Waals surface area contributed by atoms with E-state index in [-0.39, 0.29) is 12.3 Å². The van der Waals surface area contributed by atoms with Gasteiger partial charge in [0.25, 0.3) is 5.91 Å². The molecule has 0 bridgehead atoms. The molecule has 0 aliphatic heterocycles. The Morgan fingerprint density at radius 1 is 0.907 bits per heavy atom. The molecule has 0 aliphatic carbocycles. The van der Waals surface area contributed by atoms with E-state index in [2.05, 4.69) is 14.5 Å². The minimum atomic E-state index is -4.81. The Balaban J connectivity index is 1.65. The van der Waals surface area contributed by atoms with Crippen LogP contribution in [0.4, 0.5) is 33.5 Å². The van der Waals surface area contributed by atoms with Crippen LogP contribution in [0.25, 0.3) is 17.0 Å². The molecule has 1 aromatic heterocycles. The van der Waals surface area contributed by atoms with Gasteiger partial charge in [0.05, 0.1) is 12.1 Å². The summed E-state index contributed by atoms with van der Waals surface area (Å²) in [5, 5.41) is 0.814. The molecule has 0 radical (unpaired) electrons. The molecule has 0 fully saturated rings. The third-order valence-corrected chi connectivity index (χ3v) is 6.69. The van der Waals surface area contributed by atoms with Crippen molar-refractivity contribution in [3.8, 4) is 5.75 Å². The molecular weight excluding hydrogens is 567 g/mol. The molecular formula is C32H31F5N4O2. The van der Waals surface area contributed by atoms with Crippen molar-refractivity contribution < 1.29 is 31.5 Å². The molecule has 0 N–H and O–H groups in total. The Morgan fingerprint density at radius 3 is 2.28 bits per heavy atom. The van der Waals surface area contributed by atoms with Crippen LogP contribution in [0.3, 0.4) is 0 Å². The Kier molecular flexibility index (Phi) is 9.65. The van der Waals surface area contributed by atoms with Crippen LogP contribution in [-0.2, 0) is 11.3 Å². The second-order valence-electron chi connectivity index (χ2n) is 10.3. The van der Waals surface area contributed by atoms with Crippen molar-refractivity contribution in [1.29, 1.82) is 0 Å². The van der Waals surface area contributed by atoms with Gasteiger partial charge in [-0.3, -0.25) is 4.79 Å². The molecule has 226 valence electrons. The fraction of sp³-hybridized carbons (Fsp3) is 0.250. The zero-order chi connectivity index (χ0) is 31.3. The Hall–Kier alpha value is -4.51. The average molecular weight is 599 g/mol. The van der Waals surface area contributed by atoms with E-state index >= 15 is 0 Å². The van der Waals surface area contributed by atoms with Crippen LogP contribution in [0.2, 0.25) is 0 Å². The molecule has 0 saturated heterocycles. The largest absolute Gasteiger partial charge is 0.573 e. The summed E-state index contributed by atoms with van der Waals surface area (Å²) in [6.07, 6.45) is -2.11. The number of ether oxygens (including phenoxy) is 1. The molecule has 4 aromatic rings. The molecule has 0 unspecified atom stereocenters. The summed E-state index contributed by atoms with van der Waals surface area (Å²) in [6.45, 7) is 3.52. The number of alkyl halides is 3. The topological polar surface area (TPSA) is 48.9 Å². The molecule has 6 nitrogen and oxygen atoms in total. The fourth-order valence-corrected chi connectivity index (χ4v) is 4.35. The lowest BCUT2D eigenvalue weighted by atomic mass is 10.1. The number of fused-ring (bicyclic) bond motifs is 1. The van der Waals surface area contributed by atoms with E-state index in [1.54, 1.807) is 12.1 Å². The van der Waals surface area contributed by atoms with Gasteiger partial charge >= 0.3 is 6.36 Å². The highest BCUT2D eigenvalue weighted by Gasteiger charge is 2.31. The van der Waals surface area contributed by atoms with E-state index < -0.39 is 23.9 Å². The fourth-order valence-electron chi connectivity index (χ4n) is 4.35. The molecule has 0 aliphatic rings. The highest BCUT2D eigenvalue weighted by molar-refractivity contribution is 6.05. The lowest BCUT2D eigenvalue weighted by Crippen LogP contribution is -2.29. The second-order valence-corrected chi connectivity index (χ2v) is 10.3. The van der Waals surface area contributed by atoms with Gasteiger partial charge < -0.3 is 19.4 Å². The maximum absolute atomic E-state index is 14.0. The molecule has 0 spiro atoms. The summed E-state index contributed by atoms with van der Waals surface area (Å²) in [7, 11) is 5.97. The van der Waals surface area contributed by atoms with Crippen LogP contribution in [0.15, 0.2) is 72.8 Å². The molecule has 1 heterocycles. The Morgan fingerprint density at radius 2 is 1.63 bits per heavy atom. The molecule has 11 heteroatoms. The van der Waals surface area contributed by atoms with Gasteiger partial charge in [0, 0.05) is 37.3 Å². The van der Waals surface area contributed by atoms with E-state index in [0.29, 0.717) is 16.8 Å². The number of halogens is 5. The van der Waals surface area contributed by atoms with Gasteiger partial charge in [-0.2, -0.15) is 0 Å². The minimum absolute atomic E-state index is 0.0674. The predicted molar refractivity (Wildman–Crippen MR) is 158 cm³/mol. The number of aryl methyl sites for hydroxylation is 1. The number of carbonyl (C=O) groups is 1. The summed E-state index contributed by atoms with van der Waals surface area (Å²) in [4.78, 5) is 23.8. The molecule has 0 atom stereocenters. The highest BCUT2D eigenvalue weighted by Crippen LogP contribution is 2.29. The standard InChI is InChI=1S/C32H31F5N4O2/c1-21-17-30(40(4)16-15-39(2)3)38-29-13-9-24(19-26(21)29)41(20-23-7-12-27(33)28(34)18-23)31(42)14-8-22-5-10-25(11-6-22)43-32(35,36)37/h5-14,17-19H,15-16,20H2,1-4H3/b14-8+. The molecule has 1 amide bonds. The lowest BCUT2D eigenvalue weighted by Gasteiger charge is -2.24. The van der Waals surface area contributed by atoms with Gasteiger partial charge in [-0.25, -0.2) is 13.8 Å². The van der Waals surface area contributed by atoms with Gasteiger partial charge in [0.1, 0.15) is 11.6 Å². The van der Waals surface area contributed by atoms with Crippen molar-refractivity contribution in [2.45, 2.75) is 19.8 Å². The summed E-state index contributed by atoms with van der Waals surface area (Å²) in [6, 6.07) is 15.8. The van der Waals surface area contributed by atoms with Crippen molar-refractivity contribution in [3.63, 3.8) is 0 Å². The number of rotatable bonds is 10. The Bertz CT molecular complexity index is 1620. The number of likely N-dealkylation sites (N-methyl/N-ethyl adjacent to an activating group) is 2. The third kappa shape index (κ3) is 8.51. The highest BCUT2D eigenvalue weighted by atomic mass is 19.4. The molecule has 4 rings (SSSR count). The maximum Gasteiger partial charge on any atom is 0.573 e. The molecule has 0 saturated carbocycles. The van der Waals surface area contributed by atoms with Crippen LogP contribution < -0.4 is 14.5 Å². The first-order valence-corrected chi connectivity index (χ1v) is 13.4. The zero-order valence-corrected chi connectivity index (χ0v) is 24.1. The van der Waals surface area contributed by atoms with Crippen LogP contribution in [0.1, 0.15) is 16.7 Å². The average Bonchev–Trinajstić information content (AvgIpc) is 2.95. The van der Waals surface area contributed by atoms with Crippen molar-refractivity contribution in [3.05, 3.63) is 101 Å². The third-order valence-electron chi connectivity index (χ3n) is 6.69. The summed E-state index contributed by atoms with van der Waals surface area (Å²) in [5.41, 5.74) is 2.99. The van der Waals surface area contributed by atoms with Gasteiger partial charge in [0.15, 0.2) is 11.6 Å². The van der Waals surface area contributed by atoms with Crippen molar-refractivity contribution in [2.24, 2.45) is 0 Å². The number of benzene rings is 3. The van der Waals surface area contributed by atoms with E-state index in [4.69, 9.17) is 4.98 Å². The normalized spacial score (nSPS) is 11.9. The number of amides is 1. The first-order valence-electron chi connectivity index (χ1n) is 13.4. The quantitative estimate of drug-likeness (QED) is 0.146. The van der Waals surface area contributed by atoms with Crippen LogP contribution >= 0.6 is 0 Å².